The molecule has 0 unspecified atom stereocenters. The van der Waals surface area contributed by atoms with E-state index >= 15 is 0 Å². The highest BCUT2D eigenvalue weighted by Crippen LogP contribution is 2.25. The smallest absolute Gasteiger partial charge is 0.175 e. The Labute approximate surface area is 161 Å². The molecule has 0 amide bonds. The van der Waals surface area contributed by atoms with Gasteiger partial charge in [-0.1, -0.05) is 36.0 Å². The summed E-state index contributed by atoms with van der Waals surface area (Å²) in [5.74, 6) is 0.369. The van der Waals surface area contributed by atoms with Gasteiger partial charge in [0.15, 0.2) is 10.9 Å². The summed E-state index contributed by atoms with van der Waals surface area (Å²) in [5.41, 5.74) is 4.74. The number of carbonyl (C=O) groups is 1. The van der Waals surface area contributed by atoms with E-state index in [0.717, 1.165) is 27.1 Å². The van der Waals surface area contributed by atoms with Crippen molar-refractivity contribution in [2.45, 2.75) is 25.0 Å². The minimum absolute atomic E-state index is 0.0588. The summed E-state index contributed by atoms with van der Waals surface area (Å²) in [7, 11) is 0. The van der Waals surface area contributed by atoms with Crippen LogP contribution in [0.2, 0.25) is 0 Å². The van der Waals surface area contributed by atoms with Crippen molar-refractivity contribution in [3.8, 4) is 6.07 Å². The highest BCUT2D eigenvalue weighted by atomic mass is 32.2. The molecule has 0 spiro atoms. The Kier molecular flexibility index (Phi) is 4.69. The summed E-state index contributed by atoms with van der Waals surface area (Å²) < 4.78 is 1.99. The molecule has 0 fully saturated rings. The number of nitriles is 1. The van der Waals surface area contributed by atoms with Crippen molar-refractivity contribution in [2.24, 2.45) is 0 Å². The lowest BCUT2D eigenvalue weighted by Gasteiger charge is -2.00. The Bertz CT molecular complexity index is 1180. The molecule has 2 aromatic heterocycles. The van der Waals surface area contributed by atoms with Gasteiger partial charge >= 0.3 is 0 Å². The van der Waals surface area contributed by atoms with Crippen LogP contribution in [0.1, 0.15) is 22.3 Å². The number of fused-ring (bicyclic) bond motifs is 2. The zero-order valence-electron chi connectivity index (χ0n) is 14.9. The van der Waals surface area contributed by atoms with Gasteiger partial charge in [-0.15, -0.1) is 0 Å². The lowest BCUT2D eigenvalue weighted by Crippen LogP contribution is -2.02. The van der Waals surface area contributed by atoms with Crippen LogP contribution >= 0.6 is 11.8 Å². The van der Waals surface area contributed by atoms with Gasteiger partial charge in [0.2, 0.25) is 0 Å². The van der Waals surface area contributed by atoms with Gasteiger partial charge in [0.25, 0.3) is 0 Å². The number of thioether (sulfide) groups is 1. The minimum Gasteiger partial charge on any atom is -0.346 e. The Morgan fingerprint density at radius 3 is 3.00 bits per heavy atom. The van der Waals surface area contributed by atoms with Crippen molar-refractivity contribution >= 4 is 39.5 Å². The van der Waals surface area contributed by atoms with Crippen molar-refractivity contribution in [3.05, 3.63) is 59.8 Å². The number of aromatic amines is 1. The Morgan fingerprint density at radius 1 is 1.30 bits per heavy atom. The summed E-state index contributed by atoms with van der Waals surface area (Å²) in [6.07, 6.45) is 2.28. The molecule has 0 atom stereocenters. The average Bonchev–Trinajstić information content (AvgIpc) is 3.25. The minimum atomic E-state index is 0.0588. The van der Waals surface area contributed by atoms with Gasteiger partial charge in [-0.2, -0.15) is 5.26 Å². The second-order valence-corrected chi connectivity index (χ2v) is 7.40. The zero-order chi connectivity index (χ0) is 18.8. The number of carbonyl (C=O) groups excluding carboxylic acids is 1. The molecule has 6 heteroatoms. The number of rotatable bonds is 6. The van der Waals surface area contributed by atoms with E-state index in [1.165, 1.54) is 17.3 Å². The summed E-state index contributed by atoms with van der Waals surface area (Å²) >= 11 is 1.41. The van der Waals surface area contributed by atoms with Crippen LogP contribution in [0.4, 0.5) is 0 Å². The van der Waals surface area contributed by atoms with Gasteiger partial charge < -0.3 is 9.55 Å². The number of hydrogen-bond donors (Lipinski definition) is 1. The molecule has 0 aliphatic heterocycles. The number of Topliss-reactive ketones (excluding diaryl/α,β-unsaturated/α-hetero) is 1. The van der Waals surface area contributed by atoms with Gasteiger partial charge in [0, 0.05) is 29.2 Å². The molecule has 0 radical (unpaired) electrons. The molecular weight excluding hydrogens is 356 g/mol. The zero-order valence-corrected chi connectivity index (χ0v) is 15.7. The third-order valence-corrected chi connectivity index (χ3v) is 5.38. The number of H-pyrrole nitrogens is 1. The molecule has 0 bridgehead atoms. The monoisotopic (exact) mass is 374 g/mol. The maximum Gasteiger partial charge on any atom is 0.175 e. The van der Waals surface area contributed by atoms with Crippen LogP contribution in [0.5, 0.6) is 0 Å². The molecule has 2 aromatic carbocycles. The fourth-order valence-electron chi connectivity index (χ4n) is 3.20. The van der Waals surface area contributed by atoms with Crippen LogP contribution in [0.3, 0.4) is 0 Å². The van der Waals surface area contributed by atoms with E-state index < -0.39 is 0 Å². The molecule has 0 saturated heterocycles. The van der Waals surface area contributed by atoms with Crippen molar-refractivity contribution in [2.75, 3.05) is 5.75 Å². The third-order valence-electron chi connectivity index (χ3n) is 4.51. The van der Waals surface area contributed by atoms with Crippen LogP contribution in [-0.2, 0) is 6.54 Å². The summed E-state index contributed by atoms with van der Waals surface area (Å²) in [6, 6.07) is 16.0. The molecule has 1 N–H and O–H groups in total. The van der Waals surface area contributed by atoms with Gasteiger partial charge in [-0.25, -0.2) is 4.98 Å². The summed E-state index contributed by atoms with van der Waals surface area (Å²) in [5, 5.41) is 10.5. The van der Waals surface area contributed by atoms with Crippen molar-refractivity contribution in [1.29, 1.82) is 5.26 Å². The quantitative estimate of drug-likeness (QED) is 0.392. The molecular formula is C21H18N4OS. The topological polar surface area (TPSA) is 74.5 Å². The predicted octanol–water partition coefficient (Wildman–Crippen LogP) is 4.71. The Morgan fingerprint density at radius 2 is 2.15 bits per heavy atom. The standard InChI is InChI=1S/C21H18N4OS/c1-14-7-8-17-18(11-14)24-21(23-17)27-13-20(26)16-12-25(10-4-9-22)19-6-3-2-5-15(16)19/h2-3,5-8,11-12H,4,10,13H2,1H3,(H,23,24). The van der Waals surface area contributed by atoms with Crippen LogP contribution in [0.15, 0.2) is 53.8 Å². The van der Waals surface area contributed by atoms with Crippen LogP contribution in [-0.4, -0.2) is 26.1 Å². The number of aryl methyl sites for hydroxylation is 2. The summed E-state index contributed by atoms with van der Waals surface area (Å²) in [4.78, 5) is 20.7. The number of hydrogen-bond acceptors (Lipinski definition) is 4. The molecule has 134 valence electrons. The molecule has 4 aromatic rings. The molecule has 5 nitrogen and oxygen atoms in total. The average molecular weight is 374 g/mol. The van der Waals surface area contributed by atoms with E-state index in [1.54, 1.807) is 0 Å². The molecule has 4 rings (SSSR count). The molecule has 2 heterocycles. The van der Waals surface area contributed by atoms with Gasteiger partial charge in [-0.3, -0.25) is 4.79 Å². The van der Waals surface area contributed by atoms with Crippen molar-refractivity contribution in [1.82, 2.24) is 14.5 Å². The van der Waals surface area contributed by atoms with Crippen molar-refractivity contribution < 1.29 is 4.79 Å². The second kappa shape index (κ2) is 7.29. The summed E-state index contributed by atoms with van der Waals surface area (Å²) in [6.45, 7) is 2.62. The first-order valence-corrected chi connectivity index (χ1v) is 9.71. The second-order valence-electron chi connectivity index (χ2n) is 6.44. The number of imidazole rings is 1. The number of ketones is 1. The van der Waals surface area contributed by atoms with Crippen molar-refractivity contribution in [3.63, 3.8) is 0 Å². The maximum atomic E-state index is 12.8. The number of nitrogens with zero attached hydrogens (tertiary/aromatic N) is 3. The highest BCUT2D eigenvalue weighted by Gasteiger charge is 2.16. The van der Waals surface area contributed by atoms with E-state index in [0.29, 0.717) is 24.3 Å². The van der Waals surface area contributed by atoms with Crippen LogP contribution in [0, 0.1) is 18.3 Å². The Hall–Kier alpha value is -3.04. The first-order valence-electron chi connectivity index (χ1n) is 8.73. The van der Waals surface area contributed by atoms with Gasteiger partial charge in [0.05, 0.1) is 29.3 Å². The van der Waals surface area contributed by atoms with Crippen LogP contribution in [0.25, 0.3) is 21.9 Å². The normalized spacial score (nSPS) is 11.1. The van der Waals surface area contributed by atoms with E-state index in [4.69, 9.17) is 5.26 Å². The predicted molar refractivity (Wildman–Crippen MR) is 108 cm³/mol. The SMILES string of the molecule is Cc1ccc2nc(SCC(=O)c3cn(CCC#N)c4ccccc34)[nH]c2c1. The maximum absolute atomic E-state index is 12.8. The molecule has 0 saturated carbocycles. The number of benzene rings is 2. The molecule has 0 aliphatic carbocycles. The van der Waals surface area contributed by atoms with E-state index in [2.05, 4.69) is 22.1 Å². The van der Waals surface area contributed by atoms with Crippen LogP contribution < -0.4 is 0 Å². The Balaban J connectivity index is 1.56. The fraction of sp³-hybridized carbons (Fsp3) is 0.190. The largest absolute Gasteiger partial charge is 0.346 e. The van der Waals surface area contributed by atoms with E-state index in [1.807, 2.05) is 54.1 Å². The number of para-hydroxylation sites is 1. The molecule has 27 heavy (non-hydrogen) atoms. The lowest BCUT2D eigenvalue weighted by molar-refractivity contribution is 0.102. The fourth-order valence-corrected chi connectivity index (χ4v) is 3.97. The van der Waals surface area contributed by atoms with Gasteiger partial charge in [-0.05, 0) is 30.7 Å². The molecule has 0 aliphatic rings. The van der Waals surface area contributed by atoms with E-state index in [-0.39, 0.29) is 5.78 Å². The lowest BCUT2D eigenvalue weighted by atomic mass is 10.1. The first kappa shape index (κ1) is 17.4. The highest BCUT2D eigenvalue weighted by molar-refractivity contribution is 7.99. The third kappa shape index (κ3) is 3.46. The van der Waals surface area contributed by atoms with Gasteiger partial charge in [0.1, 0.15) is 0 Å². The van der Waals surface area contributed by atoms with E-state index in [9.17, 15) is 4.79 Å². The first-order chi connectivity index (χ1) is 13.2. The number of nitrogens with one attached hydrogen (secondary N) is 1. The number of aromatic nitrogens is 3.